The van der Waals surface area contributed by atoms with Crippen LogP contribution in [0.2, 0.25) is 5.02 Å². The van der Waals surface area contributed by atoms with E-state index < -0.39 is 0 Å². The highest BCUT2D eigenvalue weighted by molar-refractivity contribution is 6.33. The fourth-order valence-corrected chi connectivity index (χ4v) is 2.63. The third-order valence-electron chi connectivity index (χ3n) is 3.51. The number of rotatable bonds is 3. The average molecular weight is 254 g/mol. The van der Waals surface area contributed by atoms with Crippen LogP contribution >= 0.6 is 11.6 Å². The van der Waals surface area contributed by atoms with Crippen LogP contribution in [0.25, 0.3) is 0 Å². The Morgan fingerprint density at radius 3 is 2.59 bits per heavy atom. The number of anilines is 1. The van der Waals surface area contributed by atoms with Gasteiger partial charge in [0.1, 0.15) is 0 Å². The molecular formula is C14H20ClNO. The van der Waals surface area contributed by atoms with Crippen molar-refractivity contribution in [3.63, 3.8) is 0 Å². The minimum atomic E-state index is 0.155. The third-order valence-corrected chi connectivity index (χ3v) is 3.81. The first-order valence-corrected chi connectivity index (χ1v) is 6.75. The first kappa shape index (κ1) is 12.7. The highest BCUT2D eigenvalue weighted by Gasteiger charge is 2.15. The minimum Gasteiger partial charge on any atom is -0.396 e. The van der Waals surface area contributed by atoms with Crippen molar-refractivity contribution in [1.82, 2.24) is 0 Å². The van der Waals surface area contributed by atoms with Gasteiger partial charge in [-0.05, 0) is 37.0 Å². The quantitative estimate of drug-likeness (QED) is 0.892. The Balaban J connectivity index is 2.18. The zero-order valence-corrected chi connectivity index (χ0v) is 11.1. The molecule has 1 aromatic carbocycles. The number of aliphatic hydroxyl groups excluding tert-OH is 1. The molecule has 2 nitrogen and oxygen atoms in total. The largest absolute Gasteiger partial charge is 0.396 e. The standard InChI is InChI=1S/C14H20ClNO/c1-11(10-17)12-5-6-14(13(15)9-12)16-7-3-2-4-8-16/h5-6,9,11,17H,2-4,7-8,10H2,1H3. The van der Waals surface area contributed by atoms with Gasteiger partial charge in [0.05, 0.1) is 10.7 Å². The Bertz CT molecular complexity index is 374. The van der Waals surface area contributed by atoms with Crippen LogP contribution in [0.3, 0.4) is 0 Å². The minimum absolute atomic E-state index is 0.155. The number of nitrogens with zero attached hydrogens (tertiary/aromatic N) is 1. The second-order valence-corrected chi connectivity index (χ2v) is 5.25. The number of hydrogen-bond acceptors (Lipinski definition) is 2. The number of benzene rings is 1. The number of piperidine rings is 1. The van der Waals surface area contributed by atoms with Crippen LogP contribution in [-0.4, -0.2) is 24.8 Å². The molecule has 2 rings (SSSR count). The molecule has 1 aliphatic rings. The van der Waals surface area contributed by atoms with E-state index >= 15 is 0 Å². The van der Waals surface area contributed by atoms with Crippen molar-refractivity contribution in [3.8, 4) is 0 Å². The first-order chi connectivity index (χ1) is 8.22. The molecule has 1 saturated heterocycles. The Morgan fingerprint density at radius 1 is 1.29 bits per heavy atom. The predicted molar refractivity (Wildman–Crippen MR) is 73.0 cm³/mol. The van der Waals surface area contributed by atoms with Crippen LogP contribution in [0.15, 0.2) is 18.2 Å². The maximum Gasteiger partial charge on any atom is 0.0642 e. The van der Waals surface area contributed by atoms with E-state index in [9.17, 15) is 0 Å². The predicted octanol–water partition coefficient (Wildman–Crippen LogP) is 3.43. The van der Waals surface area contributed by atoms with E-state index in [0.717, 1.165) is 29.4 Å². The second kappa shape index (κ2) is 5.74. The number of hydrogen-bond donors (Lipinski definition) is 1. The molecule has 1 fully saturated rings. The summed E-state index contributed by atoms with van der Waals surface area (Å²) in [6, 6.07) is 6.16. The van der Waals surface area contributed by atoms with E-state index in [1.54, 1.807) is 0 Å². The van der Waals surface area contributed by atoms with Gasteiger partial charge in [-0.1, -0.05) is 24.6 Å². The van der Waals surface area contributed by atoms with E-state index in [1.165, 1.54) is 19.3 Å². The molecule has 1 unspecified atom stereocenters. The molecule has 0 spiro atoms. The fourth-order valence-electron chi connectivity index (χ4n) is 2.33. The zero-order chi connectivity index (χ0) is 12.3. The van der Waals surface area contributed by atoms with E-state index in [0.29, 0.717) is 0 Å². The van der Waals surface area contributed by atoms with Crippen LogP contribution in [0.5, 0.6) is 0 Å². The van der Waals surface area contributed by atoms with Gasteiger partial charge in [0.25, 0.3) is 0 Å². The van der Waals surface area contributed by atoms with Gasteiger partial charge in [0, 0.05) is 25.6 Å². The van der Waals surface area contributed by atoms with Gasteiger partial charge >= 0.3 is 0 Å². The van der Waals surface area contributed by atoms with Crippen LogP contribution in [0.1, 0.15) is 37.7 Å². The molecule has 0 saturated carbocycles. The number of halogens is 1. The lowest BCUT2D eigenvalue weighted by Gasteiger charge is -2.30. The summed E-state index contributed by atoms with van der Waals surface area (Å²) < 4.78 is 0. The van der Waals surface area contributed by atoms with Crippen molar-refractivity contribution in [1.29, 1.82) is 0 Å². The van der Waals surface area contributed by atoms with Crippen molar-refractivity contribution in [2.24, 2.45) is 0 Å². The van der Waals surface area contributed by atoms with Crippen molar-refractivity contribution in [2.45, 2.75) is 32.1 Å². The molecular weight excluding hydrogens is 234 g/mol. The van der Waals surface area contributed by atoms with Gasteiger partial charge in [-0.3, -0.25) is 0 Å². The third kappa shape index (κ3) is 2.93. The highest BCUT2D eigenvalue weighted by Crippen LogP contribution is 2.31. The number of aliphatic hydroxyl groups is 1. The van der Waals surface area contributed by atoms with Crippen LogP contribution in [-0.2, 0) is 0 Å². The molecule has 0 bridgehead atoms. The summed E-state index contributed by atoms with van der Waals surface area (Å²) in [5, 5.41) is 9.95. The highest BCUT2D eigenvalue weighted by atomic mass is 35.5. The van der Waals surface area contributed by atoms with Gasteiger partial charge in [-0.25, -0.2) is 0 Å². The van der Waals surface area contributed by atoms with Crippen LogP contribution in [0, 0.1) is 0 Å². The molecule has 1 atom stereocenters. The molecule has 3 heteroatoms. The molecule has 1 N–H and O–H groups in total. The van der Waals surface area contributed by atoms with Crippen molar-refractivity contribution in [2.75, 3.05) is 24.6 Å². The van der Waals surface area contributed by atoms with Gasteiger partial charge < -0.3 is 10.0 Å². The molecule has 1 heterocycles. The van der Waals surface area contributed by atoms with Crippen LogP contribution in [0.4, 0.5) is 5.69 Å². The van der Waals surface area contributed by atoms with Crippen LogP contribution < -0.4 is 4.90 Å². The zero-order valence-electron chi connectivity index (χ0n) is 10.3. The lowest BCUT2D eigenvalue weighted by atomic mass is 10.0. The van der Waals surface area contributed by atoms with Gasteiger partial charge in [0.2, 0.25) is 0 Å². The average Bonchev–Trinajstić information content (AvgIpc) is 2.38. The Labute approximate surface area is 108 Å². The monoisotopic (exact) mass is 253 g/mol. The topological polar surface area (TPSA) is 23.5 Å². The molecule has 0 aliphatic carbocycles. The summed E-state index contributed by atoms with van der Waals surface area (Å²) in [5.74, 6) is 0.155. The lowest BCUT2D eigenvalue weighted by Crippen LogP contribution is -2.29. The fraction of sp³-hybridized carbons (Fsp3) is 0.571. The summed E-state index contributed by atoms with van der Waals surface area (Å²) >= 11 is 6.34. The summed E-state index contributed by atoms with van der Waals surface area (Å²) in [6.45, 7) is 4.38. The van der Waals surface area contributed by atoms with Gasteiger partial charge in [0.15, 0.2) is 0 Å². The van der Waals surface area contributed by atoms with E-state index in [1.807, 2.05) is 13.0 Å². The van der Waals surface area contributed by atoms with Gasteiger partial charge in [-0.15, -0.1) is 0 Å². The maximum atomic E-state index is 9.14. The van der Waals surface area contributed by atoms with Crippen molar-refractivity contribution < 1.29 is 5.11 Å². The maximum absolute atomic E-state index is 9.14. The van der Waals surface area contributed by atoms with Crippen molar-refractivity contribution >= 4 is 17.3 Å². The molecule has 17 heavy (non-hydrogen) atoms. The Kier molecular flexibility index (Phi) is 4.30. The summed E-state index contributed by atoms with van der Waals surface area (Å²) in [4.78, 5) is 2.36. The Hall–Kier alpha value is -0.730. The van der Waals surface area contributed by atoms with Gasteiger partial charge in [-0.2, -0.15) is 0 Å². The Morgan fingerprint density at radius 2 is 2.00 bits per heavy atom. The molecule has 0 amide bonds. The SMILES string of the molecule is CC(CO)c1ccc(N2CCCCC2)c(Cl)c1. The lowest BCUT2D eigenvalue weighted by molar-refractivity contribution is 0.273. The summed E-state index contributed by atoms with van der Waals surface area (Å²) in [5.41, 5.74) is 2.25. The molecule has 0 aromatic heterocycles. The van der Waals surface area contributed by atoms with E-state index in [-0.39, 0.29) is 12.5 Å². The molecule has 94 valence electrons. The smallest absolute Gasteiger partial charge is 0.0642 e. The molecule has 1 aromatic rings. The molecule has 1 aliphatic heterocycles. The second-order valence-electron chi connectivity index (χ2n) is 4.84. The van der Waals surface area contributed by atoms with E-state index in [2.05, 4.69) is 17.0 Å². The summed E-state index contributed by atoms with van der Waals surface area (Å²) in [7, 11) is 0. The molecule has 0 radical (unpaired) electrons. The first-order valence-electron chi connectivity index (χ1n) is 6.37. The van der Waals surface area contributed by atoms with E-state index in [4.69, 9.17) is 16.7 Å². The normalized spacial score (nSPS) is 18.2. The van der Waals surface area contributed by atoms with Crippen molar-refractivity contribution in [3.05, 3.63) is 28.8 Å². The summed E-state index contributed by atoms with van der Waals surface area (Å²) in [6.07, 6.45) is 3.84.